The number of fused-ring (bicyclic) bond motifs is 1. The first-order valence-electron chi connectivity index (χ1n) is 5.44. The van der Waals surface area contributed by atoms with Crippen molar-refractivity contribution in [1.29, 1.82) is 0 Å². The van der Waals surface area contributed by atoms with Gasteiger partial charge in [0.05, 0.1) is 17.2 Å². The molecule has 17 heavy (non-hydrogen) atoms. The Labute approximate surface area is 126 Å². The molecule has 2 rings (SSSR count). The molecule has 0 amide bonds. The fourth-order valence-corrected chi connectivity index (χ4v) is 1.02. The first-order valence-corrected chi connectivity index (χ1v) is 11.7. The molecular formula is C12H18I2N2O. The summed E-state index contributed by atoms with van der Waals surface area (Å²) in [5.74, 6) is 0. The van der Waals surface area contributed by atoms with Gasteiger partial charge >= 0.3 is 0 Å². The van der Waals surface area contributed by atoms with E-state index in [4.69, 9.17) is 0 Å². The summed E-state index contributed by atoms with van der Waals surface area (Å²) < 4.78 is 0. The number of rotatable bonds is 0. The number of aromatic amines is 1. The maximum atomic E-state index is 11.1. The van der Waals surface area contributed by atoms with Gasteiger partial charge in [0.25, 0.3) is 5.56 Å². The van der Waals surface area contributed by atoms with Crippen molar-refractivity contribution < 1.29 is 0 Å². The maximum Gasteiger partial charge on any atom is 0.258 e. The lowest BCUT2D eigenvalue weighted by Gasteiger charge is -1.91. The highest BCUT2D eigenvalue weighted by Gasteiger charge is 1.94. The molecule has 1 heterocycles. The van der Waals surface area contributed by atoms with E-state index in [9.17, 15) is 4.79 Å². The zero-order chi connectivity index (χ0) is 13.7. The molecule has 0 atom stereocenters. The molecular weight excluding hydrogens is 442 g/mol. The van der Waals surface area contributed by atoms with E-state index in [0.29, 0.717) is 5.39 Å². The number of nitrogens with one attached hydrogen (secondary N) is 1. The van der Waals surface area contributed by atoms with E-state index in [1.54, 1.807) is 6.07 Å². The molecule has 96 valence electrons. The molecule has 0 aliphatic carbocycles. The van der Waals surface area contributed by atoms with Crippen molar-refractivity contribution in [3.05, 3.63) is 40.9 Å². The molecule has 0 aliphatic heterocycles. The van der Waals surface area contributed by atoms with E-state index < -0.39 is 0 Å². The van der Waals surface area contributed by atoms with Gasteiger partial charge < -0.3 is 4.98 Å². The highest BCUT2D eigenvalue weighted by molar-refractivity contribution is 15.0. The first-order chi connectivity index (χ1) is 8.38. The van der Waals surface area contributed by atoms with Gasteiger partial charge in [-0.2, -0.15) is 0 Å². The molecule has 1 aromatic heterocycles. The summed E-state index contributed by atoms with van der Waals surface area (Å²) in [5, 5.41) is 0.634. The number of aromatic nitrogens is 2. The molecule has 0 fully saturated rings. The van der Waals surface area contributed by atoms with Crippen LogP contribution in [0.3, 0.4) is 0 Å². The lowest BCUT2D eigenvalue weighted by molar-refractivity contribution is 1.17. The van der Waals surface area contributed by atoms with Gasteiger partial charge in [-0.1, -0.05) is 39.8 Å². The van der Waals surface area contributed by atoms with Gasteiger partial charge in [-0.05, 0) is 12.1 Å². The van der Waals surface area contributed by atoms with Gasteiger partial charge in [0, 0.05) is 37.2 Å². The Kier molecular flexibility index (Phi) is 15.7. The van der Waals surface area contributed by atoms with E-state index in [1.165, 1.54) is 6.33 Å². The average Bonchev–Trinajstić information content (AvgIpc) is 2.46. The Bertz CT molecular complexity index is 438. The van der Waals surface area contributed by atoms with E-state index in [2.05, 4.69) is 47.2 Å². The first kappa shape index (κ1) is 19.2. The van der Waals surface area contributed by atoms with E-state index in [1.807, 2.05) is 45.9 Å². The third-order valence-corrected chi connectivity index (χ3v) is 1.55. The third-order valence-electron chi connectivity index (χ3n) is 1.55. The summed E-state index contributed by atoms with van der Waals surface area (Å²) >= 11 is 4.24. The summed E-state index contributed by atoms with van der Waals surface area (Å²) in [7, 11) is 0. The lowest BCUT2D eigenvalue weighted by Crippen LogP contribution is -2.05. The Morgan fingerprint density at radius 2 is 1.59 bits per heavy atom. The Balaban J connectivity index is 0. The molecule has 0 aliphatic rings. The normalized spacial score (nSPS) is 7.65. The summed E-state index contributed by atoms with van der Waals surface area (Å²) in [6.07, 6.45) is 1.41. The van der Waals surface area contributed by atoms with Gasteiger partial charge in [-0.3, -0.25) is 4.79 Å². The summed E-state index contributed by atoms with van der Waals surface area (Å²) in [5.41, 5.74) is 0.645. The van der Waals surface area contributed by atoms with Gasteiger partial charge in [0.1, 0.15) is 0 Å². The molecule has 5 heteroatoms. The third kappa shape index (κ3) is 6.97. The topological polar surface area (TPSA) is 45.8 Å². The van der Waals surface area contributed by atoms with Crippen molar-refractivity contribution in [2.45, 2.75) is 27.7 Å². The SMILES string of the molecule is CC.CC.II.O=c1[nH]cnc2ccccc12. The molecule has 0 bridgehead atoms. The van der Waals surface area contributed by atoms with Crippen LogP contribution in [0.2, 0.25) is 0 Å². The number of H-pyrrole nitrogens is 1. The number of benzene rings is 1. The van der Waals surface area contributed by atoms with E-state index >= 15 is 0 Å². The number of hydrogen-bond donors (Lipinski definition) is 1. The molecule has 3 nitrogen and oxygen atoms in total. The standard InChI is InChI=1S/C8H6N2O.2C2H6.I2/c11-8-6-3-1-2-4-7(6)9-5-10-8;3*1-2/h1-5H,(H,9,10,11);2*1-2H3;. The summed E-state index contributed by atoms with van der Waals surface area (Å²) in [4.78, 5) is 17.6. The smallest absolute Gasteiger partial charge is 0.258 e. The molecule has 0 saturated carbocycles. The Morgan fingerprint density at radius 3 is 2.12 bits per heavy atom. The van der Waals surface area contributed by atoms with Crippen molar-refractivity contribution in [3.8, 4) is 0 Å². The van der Waals surface area contributed by atoms with Crippen molar-refractivity contribution in [1.82, 2.24) is 9.97 Å². The highest BCUT2D eigenvalue weighted by atomic mass is 128. The lowest BCUT2D eigenvalue weighted by atomic mass is 10.2. The van der Waals surface area contributed by atoms with Crippen LogP contribution in [0, 0.1) is 0 Å². The molecule has 0 saturated heterocycles. The zero-order valence-corrected chi connectivity index (χ0v) is 14.8. The van der Waals surface area contributed by atoms with Crippen LogP contribution in [-0.4, -0.2) is 9.97 Å². The monoisotopic (exact) mass is 460 g/mol. The van der Waals surface area contributed by atoms with Crippen LogP contribution in [-0.2, 0) is 0 Å². The minimum atomic E-state index is -0.0874. The minimum absolute atomic E-state index is 0.0874. The van der Waals surface area contributed by atoms with Crippen LogP contribution < -0.4 is 5.56 Å². The van der Waals surface area contributed by atoms with Crippen molar-refractivity contribution in [2.24, 2.45) is 0 Å². The molecule has 0 radical (unpaired) electrons. The van der Waals surface area contributed by atoms with Crippen LogP contribution in [0.25, 0.3) is 10.9 Å². The minimum Gasteiger partial charge on any atom is -0.313 e. The summed E-state index contributed by atoms with van der Waals surface area (Å²) in [6.45, 7) is 8.00. The van der Waals surface area contributed by atoms with Crippen LogP contribution in [0.15, 0.2) is 35.4 Å². The molecule has 1 N–H and O–H groups in total. The van der Waals surface area contributed by atoms with Crippen molar-refractivity contribution in [2.75, 3.05) is 0 Å². The predicted molar refractivity (Wildman–Crippen MR) is 93.1 cm³/mol. The quantitative estimate of drug-likeness (QED) is 0.578. The van der Waals surface area contributed by atoms with Gasteiger partial charge in [-0.15, -0.1) is 0 Å². The molecule has 0 unspecified atom stereocenters. The van der Waals surface area contributed by atoms with E-state index in [0.717, 1.165) is 5.52 Å². The largest absolute Gasteiger partial charge is 0.313 e. The van der Waals surface area contributed by atoms with Crippen molar-refractivity contribution >= 4 is 48.1 Å². The van der Waals surface area contributed by atoms with Gasteiger partial charge in [-0.25, -0.2) is 4.98 Å². The fourth-order valence-electron chi connectivity index (χ4n) is 1.02. The van der Waals surface area contributed by atoms with Crippen LogP contribution in [0.5, 0.6) is 0 Å². The van der Waals surface area contributed by atoms with Crippen LogP contribution >= 0.6 is 37.2 Å². The van der Waals surface area contributed by atoms with Crippen LogP contribution in [0.1, 0.15) is 27.7 Å². The second-order valence-electron chi connectivity index (χ2n) is 2.25. The number of para-hydroxylation sites is 1. The maximum absolute atomic E-state index is 11.1. The van der Waals surface area contributed by atoms with Gasteiger partial charge in [0.2, 0.25) is 0 Å². The number of nitrogens with zero attached hydrogens (tertiary/aromatic N) is 1. The molecule has 2 aromatic rings. The zero-order valence-electron chi connectivity index (χ0n) is 10.5. The highest BCUT2D eigenvalue weighted by Crippen LogP contribution is 2.02. The van der Waals surface area contributed by atoms with Crippen molar-refractivity contribution in [3.63, 3.8) is 0 Å². The predicted octanol–water partition coefficient (Wildman–Crippen LogP) is 4.75. The Morgan fingerprint density at radius 1 is 1.06 bits per heavy atom. The fraction of sp³-hybridized carbons (Fsp3) is 0.333. The number of hydrogen-bond acceptors (Lipinski definition) is 2. The molecule has 0 spiro atoms. The second kappa shape index (κ2) is 13.9. The number of halogens is 2. The average molecular weight is 460 g/mol. The van der Waals surface area contributed by atoms with Crippen LogP contribution in [0.4, 0.5) is 0 Å². The summed E-state index contributed by atoms with van der Waals surface area (Å²) in [6, 6.07) is 7.24. The van der Waals surface area contributed by atoms with Gasteiger partial charge in [0.15, 0.2) is 0 Å². The van der Waals surface area contributed by atoms with E-state index in [-0.39, 0.29) is 5.56 Å². The Hall–Kier alpha value is -0.180. The molecule has 1 aromatic carbocycles. The second-order valence-corrected chi connectivity index (χ2v) is 2.25.